The number of carbonyl (C=O) groups is 1. The van der Waals surface area contributed by atoms with Crippen LogP contribution in [0, 0.1) is 0 Å². The number of rotatable bonds is 7. The Kier molecular flexibility index (Phi) is 7.30. The number of ether oxygens (including phenoxy) is 2. The fourth-order valence-corrected chi connectivity index (χ4v) is 1.85. The lowest BCUT2D eigenvalue weighted by Gasteiger charge is -2.13. The van der Waals surface area contributed by atoms with Crippen molar-refractivity contribution in [2.45, 2.75) is 20.0 Å². The number of carbonyl (C=O) groups excluding carboxylic acids is 1. The predicted octanol–water partition coefficient (Wildman–Crippen LogP) is 4.76. The van der Waals surface area contributed by atoms with Gasteiger partial charge in [0.25, 0.3) is 0 Å². The zero-order valence-corrected chi connectivity index (χ0v) is 13.5. The van der Waals surface area contributed by atoms with Crippen molar-refractivity contribution < 1.29 is 27.4 Å². The number of hydrogen-bond donors (Lipinski definition) is 0. The summed E-state index contributed by atoms with van der Waals surface area (Å²) in [5.74, 6) is -0.215. The Morgan fingerprint density at radius 3 is 2.21 bits per heavy atom. The standard InChI is InChI=1S/C18H19F3O3/c1-4-23-13(3)16(7-6-8-17(22)24-5-2)14-9-11-15(12-10-14)18(19,20)21/h6-12H,3-5H2,1-2H3/b8-6-,16-7+. The second-order valence-corrected chi connectivity index (χ2v) is 4.62. The number of benzene rings is 1. The summed E-state index contributed by atoms with van der Waals surface area (Å²) in [4.78, 5) is 11.3. The van der Waals surface area contributed by atoms with E-state index in [1.165, 1.54) is 30.4 Å². The third-order valence-electron chi connectivity index (χ3n) is 2.92. The lowest BCUT2D eigenvalue weighted by molar-refractivity contribution is -0.138. The van der Waals surface area contributed by atoms with E-state index in [0.29, 0.717) is 23.5 Å². The molecule has 0 amide bonds. The highest BCUT2D eigenvalue weighted by atomic mass is 19.4. The number of alkyl halides is 3. The molecule has 0 unspecified atom stereocenters. The molecule has 0 bridgehead atoms. The summed E-state index contributed by atoms with van der Waals surface area (Å²) in [7, 11) is 0. The summed E-state index contributed by atoms with van der Waals surface area (Å²) in [5, 5.41) is 0. The van der Waals surface area contributed by atoms with Crippen LogP contribution < -0.4 is 0 Å². The van der Waals surface area contributed by atoms with Crippen molar-refractivity contribution in [3.63, 3.8) is 0 Å². The molecule has 0 saturated carbocycles. The molecule has 0 saturated heterocycles. The normalized spacial score (nSPS) is 12.3. The maximum atomic E-state index is 12.6. The number of halogens is 3. The SMILES string of the molecule is C=C(OCC)/C(=C\C=C/C(=O)OCC)c1ccc(C(F)(F)F)cc1. The molecule has 0 N–H and O–H groups in total. The van der Waals surface area contributed by atoms with Crippen LogP contribution in [0.2, 0.25) is 0 Å². The molecular formula is C18H19F3O3. The average molecular weight is 340 g/mol. The van der Waals surface area contributed by atoms with E-state index in [-0.39, 0.29) is 6.61 Å². The molecule has 1 aromatic rings. The Morgan fingerprint density at radius 1 is 1.12 bits per heavy atom. The van der Waals surface area contributed by atoms with Gasteiger partial charge in [0, 0.05) is 11.6 Å². The summed E-state index contributed by atoms with van der Waals surface area (Å²) >= 11 is 0. The van der Waals surface area contributed by atoms with E-state index >= 15 is 0 Å². The first kappa shape index (κ1) is 19.5. The Bertz CT molecular complexity index is 626. The molecule has 0 radical (unpaired) electrons. The summed E-state index contributed by atoms with van der Waals surface area (Å²) in [6, 6.07) is 4.63. The van der Waals surface area contributed by atoms with Gasteiger partial charge >= 0.3 is 12.1 Å². The summed E-state index contributed by atoms with van der Waals surface area (Å²) < 4.78 is 48.0. The van der Waals surface area contributed by atoms with Crippen LogP contribution in [0.4, 0.5) is 13.2 Å². The maximum absolute atomic E-state index is 12.6. The molecule has 0 aromatic heterocycles. The quantitative estimate of drug-likeness (QED) is 0.311. The van der Waals surface area contributed by atoms with Crippen molar-refractivity contribution >= 4 is 11.5 Å². The van der Waals surface area contributed by atoms with Crippen LogP contribution in [-0.2, 0) is 20.4 Å². The van der Waals surface area contributed by atoms with E-state index in [4.69, 9.17) is 9.47 Å². The molecule has 0 fully saturated rings. The molecular weight excluding hydrogens is 321 g/mol. The first-order valence-corrected chi connectivity index (χ1v) is 7.34. The third kappa shape index (κ3) is 5.95. The van der Waals surface area contributed by atoms with E-state index in [0.717, 1.165) is 12.1 Å². The van der Waals surface area contributed by atoms with E-state index in [9.17, 15) is 18.0 Å². The first-order chi connectivity index (χ1) is 11.3. The fourth-order valence-electron chi connectivity index (χ4n) is 1.85. The molecule has 0 aliphatic carbocycles. The molecule has 0 spiro atoms. The van der Waals surface area contributed by atoms with Gasteiger partial charge in [-0.1, -0.05) is 30.9 Å². The predicted molar refractivity (Wildman–Crippen MR) is 86.0 cm³/mol. The van der Waals surface area contributed by atoms with Gasteiger partial charge in [-0.3, -0.25) is 0 Å². The minimum Gasteiger partial charge on any atom is -0.494 e. The van der Waals surface area contributed by atoms with Crippen LogP contribution >= 0.6 is 0 Å². The monoisotopic (exact) mass is 340 g/mol. The van der Waals surface area contributed by atoms with Crippen molar-refractivity contribution in [1.29, 1.82) is 0 Å². The van der Waals surface area contributed by atoms with E-state index in [1.54, 1.807) is 13.8 Å². The summed E-state index contributed by atoms with van der Waals surface area (Å²) in [6.45, 7) is 7.83. The Balaban J connectivity index is 3.10. The summed E-state index contributed by atoms with van der Waals surface area (Å²) in [5.41, 5.74) is 0.232. The molecule has 1 rings (SSSR count). The van der Waals surface area contributed by atoms with Crippen LogP contribution in [0.1, 0.15) is 25.0 Å². The zero-order valence-electron chi connectivity index (χ0n) is 13.5. The minimum absolute atomic E-state index is 0.254. The van der Waals surface area contributed by atoms with E-state index < -0.39 is 17.7 Å². The lowest BCUT2D eigenvalue weighted by atomic mass is 10.0. The van der Waals surface area contributed by atoms with Crippen LogP contribution in [0.5, 0.6) is 0 Å². The van der Waals surface area contributed by atoms with Crippen molar-refractivity contribution in [3.05, 3.63) is 66.0 Å². The van der Waals surface area contributed by atoms with Gasteiger partial charge in [0.1, 0.15) is 5.76 Å². The van der Waals surface area contributed by atoms with Gasteiger partial charge in [0.05, 0.1) is 18.8 Å². The van der Waals surface area contributed by atoms with Gasteiger partial charge in [0.15, 0.2) is 0 Å². The number of esters is 1. The molecule has 24 heavy (non-hydrogen) atoms. The molecule has 0 aliphatic rings. The third-order valence-corrected chi connectivity index (χ3v) is 2.92. The van der Waals surface area contributed by atoms with Gasteiger partial charge in [-0.05, 0) is 31.5 Å². The summed E-state index contributed by atoms with van der Waals surface area (Å²) in [6.07, 6.45) is -0.206. The second-order valence-electron chi connectivity index (χ2n) is 4.62. The molecule has 6 heteroatoms. The molecule has 0 heterocycles. The van der Waals surface area contributed by atoms with Crippen LogP contribution in [0.25, 0.3) is 5.57 Å². The van der Waals surface area contributed by atoms with Gasteiger partial charge < -0.3 is 9.47 Å². The van der Waals surface area contributed by atoms with Gasteiger partial charge in [-0.2, -0.15) is 13.2 Å². The van der Waals surface area contributed by atoms with Crippen molar-refractivity contribution in [2.75, 3.05) is 13.2 Å². The van der Waals surface area contributed by atoms with E-state index in [1.807, 2.05) is 0 Å². The Labute approximate surface area is 139 Å². The molecule has 3 nitrogen and oxygen atoms in total. The highest BCUT2D eigenvalue weighted by Gasteiger charge is 2.30. The van der Waals surface area contributed by atoms with Crippen LogP contribution in [0.15, 0.2) is 54.8 Å². The molecule has 130 valence electrons. The Morgan fingerprint density at radius 2 is 1.71 bits per heavy atom. The number of allylic oxidation sites excluding steroid dienone is 3. The highest BCUT2D eigenvalue weighted by molar-refractivity contribution is 5.84. The largest absolute Gasteiger partial charge is 0.494 e. The van der Waals surface area contributed by atoms with Gasteiger partial charge in [0.2, 0.25) is 0 Å². The van der Waals surface area contributed by atoms with Gasteiger partial charge in [-0.25, -0.2) is 4.79 Å². The fraction of sp³-hybridized carbons (Fsp3) is 0.278. The molecule has 0 aliphatic heterocycles. The van der Waals surface area contributed by atoms with Crippen LogP contribution in [0.3, 0.4) is 0 Å². The average Bonchev–Trinajstić information content (AvgIpc) is 2.51. The maximum Gasteiger partial charge on any atom is 0.416 e. The molecule has 1 aromatic carbocycles. The van der Waals surface area contributed by atoms with Crippen molar-refractivity contribution in [3.8, 4) is 0 Å². The second kappa shape index (κ2) is 8.96. The topological polar surface area (TPSA) is 35.5 Å². The zero-order chi connectivity index (χ0) is 18.2. The molecule has 0 atom stereocenters. The van der Waals surface area contributed by atoms with Crippen molar-refractivity contribution in [1.82, 2.24) is 0 Å². The minimum atomic E-state index is -4.40. The van der Waals surface area contributed by atoms with Gasteiger partial charge in [-0.15, -0.1) is 0 Å². The smallest absolute Gasteiger partial charge is 0.416 e. The van der Waals surface area contributed by atoms with Crippen LogP contribution in [-0.4, -0.2) is 19.2 Å². The highest BCUT2D eigenvalue weighted by Crippen LogP contribution is 2.31. The van der Waals surface area contributed by atoms with E-state index in [2.05, 4.69) is 6.58 Å². The first-order valence-electron chi connectivity index (χ1n) is 7.34. The lowest BCUT2D eigenvalue weighted by Crippen LogP contribution is -2.04. The van der Waals surface area contributed by atoms with Crippen molar-refractivity contribution in [2.24, 2.45) is 0 Å². The number of hydrogen-bond acceptors (Lipinski definition) is 3. The Hall–Kier alpha value is -2.50.